The van der Waals surface area contributed by atoms with Crippen molar-refractivity contribution in [3.05, 3.63) is 59.2 Å². The highest BCUT2D eigenvalue weighted by Gasteiger charge is 2.27. The van der Waals surface area contributed by atoms with Crippen molar-refractivity contribution in [2.45, 2.75) is 40.3 Å². The first-order valence-electron chi connectivity index (χ1n) is 11.2. The molecule has 8 nitrogen and oxygen atoms in total. The third-order valence-electron chi connectivity index (χ3n) is 5.41. The number of amides is 2. The lowest BCUT2D eigenvalue weighted by Gasteiger charge is -2.24. The molecule has 1 atom stereocenters. The van der Waals surface area contributed by atoms with E-state index in [9.17, 15) is 14.4 Å². The molecule has 0 aliphatic carbocycles. The molecule has 34 heavy (non-hydrogen) atoms. The van der Waals surface area contributed by atoms with Crippen LogP contribution in [0.25, 0.3) is 0 Å². The van der Waals surface area contributed by atoms with E-state index in [0.29, 0.717) is 30.2 Å². The van der Waals surface area contributed by atoms with E-state index in [2.05, 4.69) is 5.32 Å². The molecule has 2 amide bonds. The summed E-state index contributed by atoms with van der Waals surface area (Å²) < 4.78 is 15.9. The van der Waals surface area contributed by atoms with E-state index in [1.165, 1.54) is 0 Å². The topological polar surface area (TPSA) is 94.2 Å². The van der Waals surface area contributed by atoms with E-state index in [4.69, 9.17) is 14.2 Å². The number of esters is 1. The standard InChI is InChI=1S/C26H34N2O6/c1-7-28(15-19-10-13-21(32-5)22(14-19)33-6)23(29)16-34-26(31)24(17(2)3)27-25(30)20-11-8-18(4)9-12-20/h8-14,17,24H,7,15-16H2,1-6H3,(H,27,30)/t24-/m0/s1. The summed E-state index contributed by atoms with van der Waals surface area (Å²) in [4.78, 5) is 39.6. The SMILES string of the molecule is CCN(Cc1ccc(OC)c(OC)c1)C(=O)COC(=O)[C@@H](NC(=O)c1ccc(C)cc1)C(C)C. The number of hydrogen-bond acceptors (Lipinski definition) is 6. The fourth-order valence-electron chi connectivity index (χ4n) is 3.32. The average Bonchev–Trinajstić information content (AvgIpc) is 2.83. The summed E-state index contributed by atoms with van der Waals surface area (Å²) in [5.74, 6) is -0.401. The van der Waals surface area contributed by atoms with Gasteiger partial charge in [0.15, 0.2) is 18.1 Å². The number of rotatable bonds is 11. The lowest BCUT2D eigenvalue weighted by Crippen LogP contribution is -2.46. The van der Waals surface area contributed by atoms with Crippen molar-refractivity contribution < 1.29 is 28.6 Å². The van der Waals surface area contributed by atoms with Gasteiger partial charge in [-0.2, -0.15) is 0 Å². The maximum Gasteiger partial charge on any atom is 0.329 e. The molecule has 184 valence electrons. The van der Waals surface area contributed by atoms with Gasteiger partial charge < -0.3 is 24.4 Å². The minimum absolute atomic E-state index is 0.217. The van der Waals surface area contributed by atoms with Crippen molar-refractivity contribution in [2.75, 3.05) is 27.4 Å². The number of aryl methyl sites for hydroxylation is 1. The van der Waals surface area contributed by atoms with Crippen molar-refractivity contribution in [3.63, 3.8) is 0 Å². The fourth-order valence-corrected chi connectivity index (χ4v) is 3.32. The first-order valence-corrected chi connectivity index (χ1v) is 11.2. The van der Waals surface area contributed by atoms with E-state index in [1.807, 2.05) is 32.0 Å². The van der Waals surface area contributed by atoms with Crippen molar-refractivity contribution >= 4 is 17.8 Å². The molecule has 0 bridgehead atoms. The molecule has 0 heterocycles. The first-order chi connectivity index (χ1) is 16.2. The molecule has 0 spiro atoms. The Hall–Kier alpha value is -3.55. The van der Waals surface area contributed by atoms with Gasteiger partial charge in [-0.15, -0.1) is 0 Å². The van der Waals surface area contributed by atoms with Crippen molar-refractivity contribution in [3.8, 4) is 11.5 Å². The minimum Gasteiger partial charge on any atom is -0.493 e. The van der Waals surface area contributed by atoms with Crippen LogP contribution in [-0.4, -0.2) is 56.1 Å². The summed E-state index contributed by atoms with van der Waals surface area (Å²) in [7, 11) is 3.11. The Balaban J connectivity index is 1.99. The van der Waals surface area contributed by atoms with Crippen LogP contribution in [0.1, 0.15) is 42.3 Å². The number of likely N-dealkylation sites (N-methyl/N-ethyl adjacent to an activating group) is 1. The van der Waals surface area contributed by atoms with Crippen LogP contribution in [0.3, 0.4) is 0 Å². The third-order valence-corrected chi connectivity index (χ3v) is 5.41. The molecule has 0 unspecified atom stereocenters. The number of carbonyl (C=O) groups excluding carboxylic acids is 3. The lowest BCUT2D eigenvalue weighted by molar-refractivity contribution is -0.154. The summed E-state index contributed by atoms with van der Waals surface area (Å²) >= 11 is 0. The zero-order chi connectivity index (χ0) is 25.3. The van der Waals surface area contributed by atoms with Crippen LogP contribution in [0, 0.1) is 12.8 Å². The molecular weight excluding hydrogens is 436 g/mol. The van der Waals surface area contributed by atoms with E-state index >= 15 is 0 Å². The predicted molar refractivity (Wildman–Crippen MR) is 129 cm³/mol. The zero-order valence-electron chi connectivity index (χ0n) is 20.7. The zero-order valence-corrected chi connectivity index (χ0v) is 20.7. The largest absolute Gasteiger partial charge is 0.493 e. The highest BCUT2D eigenvalue weighted by atomic mass is 16.5. The van der Waals surface area contributed by atoms with Gasteiger partial charge in [0.2, 0.25) is 0 Å². The van der Waals surface area contributed by atoms with E-state index < -0.39 is 18.6 Å². The molecule has 0 saturated carbocycles. The van der Waals surface area contributed by atoms with Gasteiger partial charge in [0.25, 0.3) is 11.8 Å². The quantitative estimate of drug-likeness (QED) is 0.506. The van der Waals surface area contributed by atoms with E-state index in [1.54, 1.807) is 57.2 Å². The molecule has 0 saturated heterocycles. The number of methoxy groups -OCH3 is 2. The Labute approximate surface area is 201 Å². The lowest BCUT2D eigenvalue weighted by atomic mass is 10.0. The van der Waals surface area contributed by atoms with Crippen molar-refractivity contribution in [2.24, 2.45) is 5.92 Å². The van der Waals surface area contributed by atoms with Gasteiger partial charge in [-0.25, -0.2) is 4.79 Å². The summed E-state index contributed by atoms with van der Waals surface area (Å²) in [6.07, 6.45) is 0. The molecule has 0 fully saturated rings. The third kappa shape index (κ3) is 7.23. The number of nitrogens with zero attached hydrogens (tertiary/aromatic N) is 1. The maximum absolute atomic E-state index is 12.7. The molecule has 8 heteroatoms. The van der Waals surface area contributed by atoms with Crippen molar-refractivity contribution in [1.29, 1.82) is 0 Å². The van der Waals surface area contributed by atoms with Gasteiger partial charge in [-0.3, -0.25) is 9.59 Å². The molecular formula is C26H34N2O6. The average molecular weight is 471 g/mol. The number of benzene rings is 2. The van der Waals surface area contributed by atoms with Crippen molar-refractivity contribution in [1.82, 2.24) is 10.2 Å². The Morgan fingerprint density at radius 2 is 1.62 bits per heavy atom. The van der Waals surface area contributed by atoms with Crippen LogP contribution in [0.15, 0.2) is 42.5 Å². The van der Waals surface area contributed by atoms with Gasteiger partial charge >= 0.3 is 5.97 Å². The van der Waals surface area contributed by atoms with Crippen LogP contribution < -0.4 is 14.8 Å². The van der Waals surface area contributed by atoms with E-state index in [0.717, 1.165) is 11.1 Å². The van der Waals surface area contributed by atoms with Crippen LogP contribution in [0.4, 0.5) is 0 Å². The normalized spacial score (nSPS) is 11.5. The predicted octanol–water partition coefficient (Wildman–Crippen LogP) is 3.36. The van der Waals surface area contributed by atoms with Gasteiger partial charge in [0, 0.05) is 18.7 Å². The second-order valence-corrected chi connectivity index (χ2v) is 8.27. The molecule has 0 aliphatic rings. The van der Waals surface area contributed by atoms with Gasteiger partial charge in [-0.1, -0.05) is 37.6 Å². The summed E-state index contributed by atoms with van der Waals surface area (Å²) in [6, 6.07) is 11.6. The monoisotopic (exact) mass is 470 g/mol. The molecule has 2 rings (SSSR count). The van der Waals surface area contributed by atoms with Crippen LogP contribution in [0.5, 0.6) is 11.5 Å². The second-order valence-electron chi connectivity index (χ2n) is 8.27. The smallest absolute Gasteiger partial charge is 0.329 e. The summed E-state index contributed by atoms with van der Waals surface area (Å²) in [6.45, 7) is 7.73. The van der Waals surface area contributed by atoms with Crippen LogP contribution in [0.2, 0.25) is 0 Å². The Morgan fingerprint density at radius 3 is 2.18 bits per heavy atom. The minimum atomic E-state index is -0.873. The summed E-state index contributed by atoms with van der Waals surface area (Å²) in [5, 5.41) is 2.72. The fraction of sp³-hybridized carbons (Fsp3) is 0.423. The molecule has 0 aliphatic heterocycles. The Morgan fingerprint density at radius 1 is 0.971 bits per heavy atom. The maximum atomic E-state index is 12.7. The molecule has 2 aromatic rings. The van der Waals surface area contributed by atoms with Crippen LogP contribution >= 0.6 is 0 Å². The first kappa shape index (κ1) is 26.7. The Bertz CT molecular complexity index is 987. The van der Waals surface area contributed by atoms with E-state index in [-0.39, 0.29) is 17.7 Å². The molecule has 1 N–H and O–H groups in total. The van der Waals surface area contributed by atoms with Crippen LogP contribution in [-0.2, 0) is 20.9 Å². The molecule has 0 radical (unpaired) electrons. The number of hydrogen-bond donors (Lipinski definition) is 1. The Kier molecular flexibility index (Phi) is 9.92. The van der Waals surface area contributed by atoms with Gasteiger partial charge in [-0.05, 0) is 49.6 Å². The summed E-state index contributed by atoms with van der Waals surface area (Å²) in [5.41, 5.74) is 2.33. The second kappa shape index (κ2) is 12.6. The van der Waals surface area contributed by atoms with Gasteiger partial charge in [0.05, 0.1) is 14.2 Å². The van der Waals surface area contributed by atoms with Gasteiger partial charge in [0.1, 0.15) is 6.04 Å². The molecule has 0 aromatic heterocycles. The highest BCUT2D eigenvalue weighted by Crippen LogP contribution is 2.28. The highest BCUT2D eigenvalue weighted by molar-refractivity contribution is 5.97. The molecule has 2 aromatic carbocycles. The number of carbonyl (C=O) groups is 3. The number of ether oxygens (including phenoxy) is 3. The number of nitrogens with one attached hydrogen (secondary N) is 1.